The van der Waals surface area contributed by atoms with Crippen molar-refractivity contribution in [2.24, 2.45) is 0 Å². The molecule has 0 rings (SSSR count). The van der Waals surface area contributed by atoms with Crippen LogP contribution in [0.5, 0.6) is 0 Å². The van der Waals surface area contributed by atoms with Crippen LogP contribution in [0.25, 0.3) is 0 Å². The molecular weight excluding hydrogens is 369 g/mol. The van der Waals surface area contributed by atoms with Gasteiger partial charge in [0.1, 0.15) is 0 Å². The first kappa shape index (κ1) is 18.0. The minimum absolute atomic E-state index is 0. The molecule has 0 amide bonds. The Morgan fingerprint density at radius 1 is 0.818 bits per heavy atom. The van der Waals surface area contributed by atoms with E-state index in [1.807, 2.05) is 0 Å². The summed E-state index contributed by atoms with van der Waals surface area (Å²) in [6.07, 6.45) is 0. The summed E-state index contributed by atoms with van der Waals surface area (Å²) in [6.45, 7) is 4.75. The molecule has 0 atom stereocenters. The Morgan fingerprint density at radius 3 is 0.818 bits per heavy atom. The monoisotopic (exact) mass is 381 g/mol. The summed E-state index contributed by atoms with van der Waals surface area (Å²) in [6, 6.07) is 0. The molecule has 0 radical (unpaired) electrons. The van der Waals surface area contributed by atoms with Crippen LogP contribution < -0.4 is 9.79 Å². The third kappa shape index (κ3) is 798. The fourth-order valence-electron chi connectivity index (χ4n) is 0. The first-order valence-corrected chi connectivity index (χ1v) is 7.56. The van der Waals surface area contributed by atoms with Crippen LogP contribution in [0.1, 0.15) is 0 Å². The van der Waals surface area contributed by atoms with Crippen LogP contribution in [-0.4, -0.2) is 26.7 Å². The summed E-state index contributed by atoms with van der Waals surface area (Å²) in [4.78, 5) is 19.3. The standard InChI is InChI=1S/2C2H7O2P.Pt/c2*1-5(2,3)4;/h2*1-2H3,(H,3,4);/q;;+2/p-2. The van der Waals surface area contributed by atoms with Gasteiger partial charge in [-0.05, 0) is 26.7 Å². The molecule has 0 N–H and O–H groups in total. The van der Waals surface area contributed by atoms with Crippen molar-refractivity contribution in [2.75, 3.05) is 26.7 Å². The molecule has 0 fully saturated rings. The van der Waals surface area contributed by atoms with Gasteiger partial charge in [-0.1, -0.05) is 0 Å². The predicted molar refractivity (Wildman–Crippen MR) is 38.9 cm³/mol. The van der Waals surface area contributed by atoms with Crippen LogP contribution in [-0.2, 0) is 30.2 Å². The van der Waals surface area contributed by atoms with E-state index in [1.54, 1.807) is 0 Å². The molecule has 0 aliphatic heterocycles. The van der Waals surface area contributed by atoms with Crippen LogP contribution >= 0.6 is 14.7 Å². The van der Waals surface area contributed by atoms with Crippen LogP contribution in [0, 0.1) is 0 Å². The zero-order chi connectivity index (χ0) is 9.00. The Morgan fingerprint density at radius 2 is 0.818 bits per heavy atom. The SMILES string of the molecule is CP(C)(=O)[O-].CP(C)(=O)[O-].[Pt+2]. The Balaban J connectivity index is -0.000000107. The van der Waals surface area contributed by atoms with Gasteiger partial charge < -0.3 is 18.9 Å². The Labute approximate surface area is 81.6 Å². The second kappa shape index (κ2) is 6.57. The fourth-order valence-corrected chi connectivity index (χ4v) is 0. The van der Waals surface area contributed by atoms with Gasteiger partial charge in [0, 0.05) is 14.7 Å². The number of hydrogen-bond donors (Lipinski definition) is 0. The van der Waals surface area contributed by atoms with Crippen molar-refractivity contribution < 1.29 is 40.0 Å². The van der Waals surface area contributed by atoms with Gasteiger partial charge in [0.05, 0.1) is 0 Å². The van der Waals surface area contributed by atoms with Crippen LogP contribution in [0.4, 0.5) is 0 Å². The molecule has 4 nitrogen and oxygen atoms in total. The zero-order valence-corrected chi connectivity index (χ0v) is 10.9. The van der Waals surface area contributed by atoms with E-state index in [4.69, 9.17) is 0 Å². The van der Waals surface area contributed by atoms with Gasteiger partial charge in [-0.15, -0.1) is 0 Å². The van der Waals surface area contributed by atoms with Crippen molar-refractivity contribution in [1.82, 2.24) is 0 Å². The van der Waals surface area contributed by atoms with E-state index in [0.717, 1.165) is 0 Å². The molecule has 0 heterocycles. The summed E-state index contributed by atoms with van der Waals surface area (Å²) in [5.74, 6) is 0. The summed E-state index contributed by atoms with van der Waals surface area (Å²) >= 11 is 0. The molecular formula is C4H12O4P2Pt. The first-order valence-electron chi connectivity index (χ1n) is 2.52. The summed E-state index contributed by atoms with van der Waals surface area (Å²) in [5, 5.41) is 0. The number of rotatable bonds is 0. The predicted octanol–water partition coefficient (Wildman–Crippen LogP) is -0.234. The molecule has 0 aromatic carbocycles. The number of hydrogen-bond acceptors (Lipinski definition) is 4. The molecule has 72 valence electrons. The smallest absolute Gasteiger partial charge is 0.800 e. The van der Waals surface area contributed by atoms with E-state index in [1.165, 1.54) is 26.7 Å². The van der Waals surface area contributed by atoms with Crippen molar-refractivity contribution in [1.29, 1.82) is 0 Å². The normalized spacial score (nSPS) is 10.7. The summed E-state index contributed by atoms with van der Waals surface area (Å²) in [5.41, 5.74) is 0. The van der Waals surface area contributed by atoms with Crippen molar-refractivity contribution >= 4 is 14.7 Å². The molecule has 0 aliphatic carbocycles. The van der Waals surface area contributed by atoms with Crippen molar-refractivity contribution in [3.63, 3.8) is 0 Å². The maximum atomic E-state index is 9.66. The van der Waals surface area contributed by atoms with Crippen LogP contribution in [0.2, 0.25) is 0 Å². The largest absolute Gasteiger partial charge is 2.00 e. The Kier molecular flexibility index (Phi) is 10.7. The third-order valence-electron chi connectivity index (χ3n) is 0. The van der Waals surface area contributed by atoms with Crippen LogP contribution in [0.15, 0.2) is 0 Å². The maximum absolute atomic E-state index is 9.66. The quantitative estimate of drug-likeness (QED) is 0.543. The molecule has 0 saturated carbocycles. The summed E-state index contributed by atoms with van der Waals surface area (Å²) in [7, 11) is -5.78. The summed E-state index contributed by atoms with van der Waals surface area (Å²) < 4.78 is 19.3. The molecule has 0 aromatic heterocycles. The van der Waals surface area contributed by atoms with E-state index in [9.17, 15) is 18.9 Å². The van der Waals surface area contributed by atoms with Gasteiger partial charge in [0.2, 0.25) is 0 Å². The van der Waals surface area contributed by atoms with E-state index in [2.05, 4.69) is 0 Å². The Hall–Kier alpha value is 1.07. The van der Waals surface area contributed by atoms with Gasteiger partial charge in [-0.25, -0.2) is 0 Å². The second-order valence-corrected chi connectivity index (χ2v) is 7.51. The first-order chi connectivity index (χ1) is 4.00. The molecule has 0 unspecified atom stereocenters. The molecule has 0 bridgehead atoms. The topological polar surface area (TPSA) is 80.3 Å². The second-order valence-electron chi connectivity index (χ2n) is 2.50. The van der Waals surface area contributed by atoms with Gasteiger partial charge in [0.15, 0.2) is 0 Å². The fraction of sp³-hybridized carbons (Fsp3) is 1.00. The minimum Gasteiger partial charge on any atom is -0.800 e. The van der Waals surface area contributed by atoms with Gasteiger partial charge in [0.25, 0.3) is 0 Å². The van der Waals surface area contributed by atoms with Crippen molar-refractivity contribution in [3.05, 3.63) is 0 Å². The molecule has 0 aliphatic rings. The van der Waals surface area contributed by atoms with Gasteiger partial charge in [-0.3, -0.25) is 0 Å². The van der Waals surface area contributed by atoms with Crippen molar-refractivity contribution in [3.8, 4) is 0 Å². The van der Waals surface area contributed by atoms with Gasteiger partial charge in [-0.2, -0.15) is 0 Å². The van der Waals surface area contributed by atoms with E-state index < -0.39 is 14.7 Å². The molecule has 11 heavy (non-hydrogen) atoms. The molecule has 0 aromatic rings. The van der Waals surface area contributed by atoms with Crippen molar-refractivity contribution in [2.45, 2.75) is 0 Å². The average molecular weight is 381 g/mol. The van der Waals surface area contributed by atoms with E-state index in [0.29, 0.717) is 0 Å². The molecule has 7 heteroatoms. The average Bonchev–Trinajstić information content (AvgIpc) is 1.12. The zero-order valence-electron chi connectivity index (χ0n) is 6.84. The Bertz CT molecular complexity index is 132. The van der Waals surface area contributed by atoms with Crippen LogP contribution in [0.3, 0.4) is 0 Å². The maximum Gasteiger partial charge on any atom is 2.00 e. The van der Waals surface area contributed by atoms with Gasteiger partial charge >= 0.3 is 21.1 Å². The minimum atomic E-state index is -2.89. The third-order valence-corrected chi connectivity index (χ3v) is 0. The van der Waals surface area contributed by atoms with E-state index in [-0.39, 0.29) is 21.1 Å². The molecule has 0 spiro atoms. The molecule has 0 saturated heterocycles. The van der Waals surface area contributed by atoms with E-state index >= 15 is 0 Å².